The number of aryl methyl sites for hydroxylation is 2. The van der Waals surface area contributed by atoms with E-state index in [9.17, 15) is 14.7 Å². The average molecular weight is 593 g/mol. The van der Waals surface area contributed by atoms with Crippen LogP contribution in [0.4, 0.5) is 0 Å². The van der Waals surface area contributed by atoms with Crippen LogP contribution in [0.5, 0.6) is 0 Å². The number of aromatic nitrogens is 3. The minimum Gasteiger partial charge on any atom is -0.461 e. The number of esters is 1. The predicted molar refractivity (Wildman–Crippen MR) is 164 cm³/mol. The molecular formula is C33H44N4O4S. The average Bonchev–Trinajstić information content (AvgIpc) is 3.51. The molecule has 1 aromatic carbocycles. The first-order valence-corrected chi connectivity index (χ1v) is 16.0. The number of carbonyl (C=O) groups excluding carboxylic acids is 2. The fraction of sp³-hybridized carbons (Fsp3) is 0.606. The van der Waals surface area contributed by atoms with Crippen LogP contribution in [0, 0.1) is 47.8 Å². The van der Waals surface area contributed by atoms with Crippen molar-refractivity contribution in [2.24, 2.45) is 39.1 Å². The number of aliphatic hydroxyl groups excluding tert-OH is 1. The summed E-state index contributed by atoms with van der Waals surface area (Å²) in [7, 11) is 0. The topological polar surface area (TPSA) is 107 Å². The van der Waals surface area contributed by atoms with Gasteiger partial charge in [-0.2, -0.15) is 9.78 Å². The van der Waals surface area contributed by atoms with Crippen LogP contribution < -0.4 is 0 Å². The van der Waals surface area contributed by atoms with Crippen molar-refractivity contribution >= 4 is 29.7 Å². The maximum atomic E-state index is 13.6. The van der Waals surface area contributed by atoms with E-state index in [1.165, 1.54) is 11.8 Å². The molecule has 0 radical (unpaired) electrons. The van der Waals surface area contributed by atoms with Gasteiger partial charge in [0.25, 0.3) is 0 Å². The lowest BCUT2D eigenvalue weighted by Gasteiger charge is -2.61. The number of ketones is 1. The van der Waals surface area contributed by atoms with Crippen LogP contribution in [0.3, 0.4) is 0 Å². The van der Waals surface area contributed by atoms with Crippen LogP contribution >= 0.6 is 11.8 Å². The van der Waals surface area contributed by atoms with Crippen molar-refractivity contribution in [3.05, 3.63) is 53.9 Å². The number of aliphatic hydroxyl groups is 1. The van der Waals surface area contributed by atoms with E-state index in [1.807, 2.05) is 51.1 Å². The smallest absolute Gasteiger partial charge is 0.316 e. The van der Waals surface area contributed by atoms with Crippen LogP contribution in [0.15, 0.2) is 47.2 Å². The number of rotatable bonds is 7. The Labute approximate surface area is 253 Å². The van der Waals surface area contributed by atoms with Gasteiger partial charge in [-0.1, -0.05) is 69.8 Å². The van der Waals surface area contributed by atoms with Crippen molar-refractivity contribution in [1.29, 1.82) is 0 Å². The van der Waals surface area contributed by atoms with Gasteiger partial charge in [-0.05, 0) is 67.9 Å². The van der Waals surface area contributed by atoms with Gasteiger partial charge < -0.3 is 9.84 Å². The highest BCUT2D eigenvalue weighted by molar-refractivity contribution is 7.99. The molecule has 5 rings (SSSR count). The number of hydrogen-bond donors (Lipinski definition) is 1. The van der Waals surface area contributed by atoms with Gasteiger partial charge in [-0.25, -0.2) is 0 Å². The standard InChI is InChI=1S/C33H44N4O4S/c1-8-31(6)17-26(32(7)21(3)13-15-33(22(4)29(31)40)16-14-25(38)28(32)33)41-27(39)19-42-30-36-35-23(5)37(30)34-18-24-12-10-9-11-20(24)2/h8-12,18,21-22,26,28-29,40H,1,13-17,19H2,2-7H3/b34-18+/t21-,22+,26-,28+,29+,31-,32+,33+/m1/s1. The second-order valence-corrected chi connectivity index (χ2v) is 14.2. The highest BCUT2D eigenvalue weighted by Crippen LogP contribution is 2.68. The third-order valence-corrected chi connectivity index (χ3v) is 12.1. The Hall–Kier alpha value is -2.78. The van der Waals surface area contributed by atoms with Gasteiger partial charge in [0.05, 0.1) is 18.1 Å². The number of hydrogen-bond acceptors (Lipinski definition) is 8. The zero-order valence-corrected chi connectivity index (χ0v) is 26.5. The predicted octanol–water partition coefficient (Wildman–Crippen LogP) is 5.78. The van der Waals surface area contributed by atoms with Crippen LogP contribution in [-0.2, 0) is 14.3 Å². The van der Waals surface area contributed by atoms with E-state index in [1.54, 1.807) is 10.9 Å². The summed E-state index contributed by atoms with van der Waals surface area (Å²) in [6, 6.07) is 7.95. The Kier molecular flexibility index (Phi) is 8.31. The van der Waals surface area contributed by atoms with Crippen LogP contribution in [0.25, 0.3) is 0 Å². The number of thioether (sulfide) groups is 1. The summed E-state index contributed by atoms with van der Waals surface area (Å²) < 4.78 is 7.99. The largest absolute Gasteiger partial charge is 0.461 e. The molecule has 42 heavy (non-hydrogen) atoms. The molecule has 0 spiro atoms. The highest BCUT2D eigenvalue weighted by atomic mass is 32.2. The number of nitrogens with zero attached hydrogens (tertiary/aromatic N) is 4. The quantitative estimate of drug-likeness (QED) is 0.188. The first-order chi connectivity index (χ1) is 19.9. The van der Waals surface area contributed by atoms with Crippen molar-refractivity contribution in [3.8, 4) is 0 Å². The summed E-state index contributed by atoms with van der Waals surface area (Å²) in [5.41, 5.74) is 0.579. The van der Waals surface area contributed by atoms with E-state index in [0.717, 1.165) is 30.4 Å². The number of benzene rings is 1. The lowest BCUT2D eigenvalue weighted by Crippen LogP contribution is -2.63. The van der Waals surface area contributed by atoms with Gasteiger partial charge in [-0.15, -0.1) is 16.8 Å². The normalized spacial score (nSPS) is 36.4. The molecule has 0 saturated heterocycles. The molecule has 2 bridgehead atoms. The second-order valence-electron chi connectivity index (χ2n) is 13.3. The molecule has 3 aliphatic rings. The molecule has 1 N–H and O–H groups in total. The summed E-state index contributed by atoms with van der Waals surface area (Å²) in [6.45, 7) is 16.4. The van der Waals surface area contributed by atoms with E-state index >= 15 is 0 Å². The third-order valence-electron chi connectivity index (χ3n) is 11.2. The van der Waals surface area contributed by atoms with Gasteiger partial charge >= 0.3 is 5.97 Å². The monoisotopic (exact) mass is 592 g/mol. The van der Waals surface area contributed by atoms with E-state index in [0.29, 0.717) is 23.8 Å². The Morgan fingerprint density at radius 3 is 2.69 bits per heavy atom. The van der Waals surface area contributed by atoms with Crippen LogP contribution in [-0.4, -0.2) is 55.9 Å². The SMILES string of the molecule is C=C[C@]1(C)C[C@@H](OC(=O)CSc2nnc(C)n2/N=C/c2ccccc2C)[C@]2(C)[C@H](C)CC[C@]3(CCC(=O)[C@H]32)[C@@H](C)[C@@H]1O. The Bertz CT molecular complexity index is 1410. The molecule has 8 atom stereocenters. The lowest BCUT2D eigenvalue weighted by atomic mass is 9.44. The number of ether oxygens (including phenoxy) is 1. The zero-order valence-electron chi connectivity index (χ0n) is 25.7. The summed E-state index contributed by atoms with van der Waals surface area (Å²) in [6.07, 6.45) is 5.89. The fourth-order valence-corrected chi connectivity index (χ4v) is 8.95. The van der Waals surface area contributed by atoms with Gasteiger partial charge in [-0.3, -0.25) is 9.59 Å². The molecule has 0 aliphatic heterocycles. The third kappa shape index (κ3) is 4.96. The second kappa shape index (κ2) is 11.4. The minimum absolute atomic E-state index is 0.0203. The van der Waals surface area contributed by atoms with Gasteiger partial charge in [0, 0.05) is 23.2 Å². The van der Waals surface area contributed by atoms with Gasteiger partial charge in [0.15, 0.2) is 5.82 Å². The van der Waals surface area contributed by atoms with Crippen molar-refractivity contribution in [1.82, 2.24) is 14.9 Å². The van der Waals surface area contributed by atoms with E-state index < -0.39 is 23.0 Å². The molecule has 1 heterocycles. The Morgan fingerprint density at radius 2 is 1.98 bits per heavy atom. The van der Waals surface area contributed by atoms with E-state index in [-0.39, 0.29) is 40.7 Å². The van der Waals surface area contributed by atoms with Gasteiger partial charge in [0.2, 0.25) is 5.16 Å². The minimum atomic E-state index is -0.690. The van der Waals surface area contributed by atoms with Crippen molar-refractivity contribution < 1.29 is 19.4 Å². The summed E-state index contributed by atoms with van der Waals surface area (Å²) in [4.78, 5) is 27.1. The molecule has 1 aromatic heterocycles. The molecular weight excluding hydrogens is 548 g/mol. The number of Topliss-reactive ketones (excluding diaryl/α,β-unsaturated/α-hetero) is 1. The summed E-state index contributed by atoms with van der Waals surface area (Å²) >= 11 is 1.23. The summed E-state index contributed by atoms with van der Waals surface area (Å²) in [5, 5.41) is 25.2. The molecule has 2 aromatic rings. The highest BCUT2D eigenvalue weighted by Gasteiger charge is 2.68. The molecule has 226 valence electrons. The molecule has 8 nitrogen and oxygen atoms in total. The van der Waals surface area contributed by atoms with Crippen molar-refractivity contribution in [2.75, 3.05) is 5.75 Å². The summed E-state index contributed by atoms with van der Waals surface area (Å²) in [5.74, 6) is 0.361. The Morgan fingerprint density at radius 1 is 1.24 bits per heavy atom. The molecule has 0 unspecified atom stereocenters. The van der Waals surface area contributed by atoms with Crippen LogP contribution in [0.2, 0.25) is 0 Å². The molecule has 0 amide bonds. The lowest BCUT2D eigenvalue weighted by molar-refractivity contribution is -0.205. The first-order valence-electron chi connectivity index (χ1n) is 15.1. The maximum absolute atomic E-state index is 13.6. The molecule has 3 aliphatic carbocycles. The molecule has 9 heteroatoms. The molecule has 3 fully saturated rings. The van der Waals surface area contributed by atoms with Crippen molar-refractivity contribution in [2.45, 2.75) is 91.0 Å². The Balaban J connectivity index is 1.40. The molecule has 3 saturated carbocycles. The fourth-order valence-electron chi connectivity index (χ4n) is 8.23. The zero-order chi connectivity index (χ0) is 30.4. The van der Waals surface area contributed by atoms with Crippen molar-refractivity contribution in [3.63, 3.8) is 0 Å². The number of carbonyl (C=O) groups is 2. The van der Waals surface area contributed by atoms with Crippen LogP contribution in [0.1, 0.15) is 76.8 Å². The maximum Gasteiger partial charge on any atom is 0.316 e. The van der Waals surface area contributed by atoms with E-state index in [4.69, 9.17) is 4.74 Å². The first kappa shape index (κ1) is 30.7. The van der Waals surface area contributed by atoms with Gasteiger partial charge in [0.1, 0.15) is 11.9 Å². The van der Waals surface area contributed by atoms with E-state index in [2.05, 4.69) is 42.6 Å².